The summed E-state index contributed by atoms with van der Waals surface area (Å²) < 4.78 is 0. The number of rotatable bonds is 3. The molecule has 5 nitrogen and oxygen atoms in total. The van der Waals surface area contributed by atoms with E-state index in [1.54, 1.807) is 0 Å². The summed E-state index contributed by atoms with van der Waals surface area (Å²) in [5.41, 5.74) is 0. The summed E-state index contributed by atoms with van der Waals surface area (Å²) in [6.07, 6.45) is 3.48. The van der Waals surface area contributed by atoms with Crippen LogP contribution < -0.4 is 16.0 Å². The van der Waals surface area contributed by atoms with E-state index in [9.17, 15) is 9.59 Å². The van der Waals surface area contributed by atoms with Gasteiger partial charge in [0.1, 0.15) is 0 Å². The maximum absolute atomic E-state index is 11.8. The van der Waals surface area contributed by atoms with Gasteiger partial charge in [-0.25, -0.2) is 0 Å². The van der Waals surface area contributed by atoms with Gasteiger partial charge in [-0.05, 0) is 25.8 Å². The van der Waals surface area contributed by atoms with Gasteiger partial charge in [0.25, 0.3) is 0 Å². The first-order valence-electron chi connectivity index (χ1n) is 6.03. The molecule has 2 aliphatic heterocycles. The molecule has 0 radical (unpaired) electrons. The second-order valence-corrected chi connectivity index (χ2v) is 4.58. The van der Waals surface area contributed by atoms with Crippen molar-refractivity contribution < 1.29 is 9.59 Å². The van der Waals surface area contributed by atoms with Gasteiger partial charge in [0.05, 0.1) is 5.92 Å². The molecule has 17 heavy (non-hydrogen) atoms. The van der Waals surface area contributed by atoms with Crippen molar-refractivity contribution in [2.45, 2.75) is 31.7 Å². The second-order valence-electron chi connectivity index (χ2n) is 4.58. The number of piperidine rings is 1. The fraction of sp³-hybridized carbons (Fsp3) is 0.818. The lowest BCUT2D eigenvalue weighted by molar-refractivity contribution is -0.129. The molecule has 2 fully saturated rings. The van der Waals surface area contributed by atoms with Crippen molar-refractivity contribution in [3.05, 3.63) is 0 Å². The Hall–Kier alpha value is -0.810. The molecule has 2 unspecified atom stereocenters. The van der Waals surface area contributed by atoms with E-state index < -0.39 is 0 Å². The molecular formula is C11H20ClN3O2. The average Bonchev–Trinajstić information content (AvgIpc) is 2.80. The number of amides is 2. The molecule has 3 N–H and O–H groups in total. The molecule has 0 aliphatic carbocycles. The van der Waals surface area contributed by atoms with Crippen LogP contribution in [0.4, 0.5) is 0 Å². The third-order valence-electron chi connectivity index (χ3n) is 3.32. The number of carbonyl (C=O) groups is 2. The van der Waals surface area contributed by atoms with Gasteiger partial charge in [0.2, 0.25) is 11.8 Å². The van der Waals surface area contributed by atoms with Crippen LogP contribution in [0.2, 0.25) is 0 Å². The summed E-state index contributed by atoms with van der Waals surface area (Å²) in [6, 6.07) is 0.433. The lowest BCUT2D eigenvalue weighted by Gasteiger charge is -2.22. The van der Waals surface area contributed by atoms with E-state index in [-0.39, 0.29) is 30.1 Å². The first-order valence-corrected chi connectivity index (χ1v) is 6.03. The Morgan fingerprint density at radius 2 is 2.24 bits per heavy atom. The SMILES string of the molecule is Cl.O=C1CCC(C(=O)NCC2CCCN2)CN1. The van der Waals surface area contributed by atoms with E-state index in [4.69, 9.17) is 0 Å². The summed E-state index contributed by atoms with van der Waals surface area (Å²) in [5, 5.41) is 9.02. The zero-order valence-corrected chi connectivity index (χ0v) is 10.6. The van der Waals surface area contributed by atoms with Crippen LogP contribution in [-0.4, -0.2) is 37.5 Å². The van der Waals surface area contributed by atoms with E-state index in [2.05, 4.69) is 16.0 Å². The number of nitrogens with one attached hydrogen (secondary N) is 3. The van der Waals surface area contributed by atoms with Crippen molar-refractivity contribution in [1.29, 1.82) is 0 Å². The van der Waals surface area contributed by atoms with Crippen LogP contribution in [0.15, 0.2) is 0 Å². The van der Waals surface area contributed by atoms with E-state index in [0.717, 1.165) is 13.0 Å². The minimum absolute atomic E-state index is 0. The minimum Gasteiger partial charge on any atom is -0.355 e. The topological polar surface area (TPSA) is 70.2 Å². The summed E-state index contributed by atoms with van der Waals surface area (Å²) in [5.74, 6) is 0.0920. The van der Waals surface area contributed by atoms with Crippen LogP contribution in [0, 0.1) is 5.92 Å². The lowest BCUT2D eigenvalue weighted by Crippen LogP contribution is -2.45. The van der Waals surface area contributed by atoms with Gasteiger partial charge < -0.3 is 16.0 Å². The molecule has 2 saturated heterocycles. The van der Waals surface area contributed by atoms with Crippen LogP contribution in [0.3, 0.4) is 0 Å². The molecule has 98 valence electrons. The molecule has 6 heteroatoms. The van der Waals surface area contributed by atoms with Gasteiger partial charge in [-0.3, -0.25) is 9.59 Å². The van der Waals surface area contributed by atoms with Crippen molar-refractivity contribution in [3.8, 4) is 0 Å². The van der Waals surface area contributed by atoms with Crippen LogP contribution in [0.5, 0.6) is 0 Å². The standard InChI is InChI=1S/C11H19N3O2.ClH/c15-10-4-3-8(6-13-10)11(16)14-7-9-2-1-5-12-9;/h8-9,12H,1-7H2,(H,13,15)(H,14,16);1H. The highest BCUT2D eigenvalue weighted by Gasteiger charge is 2.25. The van der Waals surface area contributed by atoms with Crippen LogP contribution in [-0.2, 0) is 9.59 Å². The Morgan fingerprint density at radius 3 is 2.82 bits per heavy atom. The quantitative estimate of drug-likeness (QED) is 0.659. The minimum atomic E-state index is -0.0425. The van der Waals surface area contributed by atoms with E-state index in [1.165, 1.54) is 6.42 Å². The Balaban J connectivity index is 0.00000144. The van der Waals surface area contributed by atoms with Gasteiger partial charge in [-0.15, -0.1) is 12.4 Å². The molecule has 2 amide bonds. The molecule has 0 aromatic carbocycles. The molecule has 2 rings (SSSR count). The van der Waals surface area contributed by atoms with Crippen molar-refractivity contribution >= 4 is 24.2 Å². The Kier molecular flexibility index (Phi) is 5.71. The van der Waals surface area contributed by atoms with Crippen LogP contribution >= 0.6 is 12.4 Å². The van der Waals surface area contributed by atoms with Gasteiger partial charge in [0.15, 0.2) is 0 Å². The zero-order valence-electron chi connectivity index (χ0n) is 9.83. The summed E-state index contributed by atoms with van der Waals surface area (Å²) >= 11 is 0. The number of halogens is 1. The summed E-state index contributed by atoms with van der Waals surface area (Å²) in [4.78, 5) is 22.7. The molecule has 0 spiro atoms. The predicted octanol–water partition coefficient (Wildman–Crippen LogP) is -0.197. The molecule has 0 aromatic heterocycles. The molecule has 0 saturated carbocycles. The van der Waals surface area contributed by atoms with Crippen molar-refractivity contribution in [3.63, 3.8) is 0 Å². The number of hydrogen-bond acceptors (Lipinski definition) is 3. The molecule has 2 heterocycles. The number of hydrogen-bond donors (Lipinski definition) is 3. The average molecular weight is 262 g/mol. The molecule has 0 bridgehead atoms. The maximum atomic E-state index is 11.8. The maximum Gasteiger partial charge on any atom is 0.224 e. The lowest BCUT2D eigenvalue weighted by atomic mass is 9.98. The Morgan fingerprint density at radius 1 is 1.41 bits per heavy atom. The third-order valence-corrected chi connectivity index (χ3v) is 3.32. The van der Waals surface area contributed by atoms with E-state index in [1.807, 2.05) is 0 Å². The van der Waals surface area contributed by atoms with Gasteiger partial charge in [-0.2, -0.15) is 0 Å². The van der Waals surface area contributed by atoms with Crippen molar-refractivity contribution in [2.24, 2.45) is 5.92 Å². The normalized spacial score (nSPS) is 28.1. The van der Waals surface area contributed by atoms with E-state index in [0.29, 0.717) is 32.0 Å². The monoisotopic (exact) mass is 261 g/mol. The third kappa shape index (κ3) is 4.16. The smallest absolute Gasteiger partial charge is 0.224 e. The fourth-order valence-electron chi connectivity index (χ4n) is 2.26. The molecule has 2 aliphatic rings. The van der Waals surface area contributed by atoms with Crippen LogP contribution in [0.25, 0.3) is 0 Å². The summed E-state index contributed by atoms with van der Waals surface area (Å²) in [6.45, 7) is 2.26. The second kappa shape index (κ2) is 6.81. The van der Waals surface area contributed by atoms with Crippen LogP contribution in [0.1, 0.15) is 25.7 Å². The number of carbonyl (C=O) groups excluding carboxylic acids is 2. The molecule has 2 atom stereocenters. The first-order chi connectivity index (χ1) is 7.75. The highest BCUT2D eigenvalue weighted by Crippen LogP contribution is 2.11. The van der Waals surface area contributed by atoms with Gasteiger partial charge >= 0.3 is 0 Å². The van der Waals surface area contributed by atoms with Gasteiger partial charge in [-0.1, -0.05) is 0 Å². The predicted molar refractivity (Wildman–Crippen MR) is 67.0 cm³/mol. The zero-order chi connectivity index (χ0) is 11.4. The first kappa shape index (κ1) is 14.3. The largest absolute Gasteiger partial charge is 0.355 e. The highest BCUT2D eigenvalue weighted by molar-refractivity contribution is 5.85. The highest BCUT2D eigenvalue weighted by atomic mass is 35.5. The summed E-state index contributed by atoms with van der Waals surface area (Å²) in [7, 11) is 0. The van der Waals surface area contributed by atoms with Crippen molar-refractivity contribution in [2.75, 3.05) is 19.6 Å². The van der Waals surface area contributed by atoms with Crippen molar-refractivity contribution in [1.82, 2.24) is 16.0 Å². The Labute approximate surface area is 108 Å². The molecular weight excluding hydrogens is 242 g/mol. The fourth-order valence-corrected chi connectivity index (χ4v) is 2.26. The van der Waals surface area contributed by atoms with Gasteiger partial charge in [0, 0.05) is 25.6 Å². The van der Waals surface area contributed by atoms with E-state index >= 15 is 0 Å². The molecule has 0 aromatic rings. The Bertz CT molecular complexity index is 270.